The maximum absolute atomic E-state index is 14.5. The van der Waals surface area contributed by atoms with Gasteiger partial charge in [-0.15, -0.1) is 0 Å². The van der Waals surface area contributed by atoms with E-state index >= 15 is 0 Å². The standard InChI is InChI=1S/C35H54N8O7/c1-21(2)19-27(35(49)50)42-33(47)29-20-22-11-3-6-16-28(22)43(29)34(48)26-15-5-4-12-23(38)30(44)39-24(13-7-9-17-36)31(45)40-25(32(46)41-26)14-8-10-18-37/h3-6,11,16,21,23-27,29H,7-10,12-15,17-20,36-38H2,1-2H3,(H,39,44)(H,40,45)(H,41,46)(H,42,47)(H,49,50)/b5-4+/t23-,24-,25-,26-,27-,29?/m0/s1. The number of hydrogen-bond donors (Lipinski definition) is 8. The number of carboxylic acid groups (broad SMARTS) is 1. The number of nitrogens with two attached hydrogens (primary N) is 3. The van der Waals surface area contributed by atoms with Gasteiger partial charge >= 0.3 is 5.97 Å². The molecule has 0 saturated heterocycles. The molecule has 0 spiro atoms. The fourth-order valence-electron chi connectivity index (χ4n) is 6.15. The minimum atomic E-state index is -1.19. The number of carbonyl (C=O) groups is 6. The molecule has 3 rings (SSSR count). The fourth-order valence-corrected chi connectivity index (χ4v) is 6.15. The molecule has 11 N–H and O–H groups in total. The van der Waals surface area contributed by atoms with Crippen molar-refractivity contribution < 1.29 is 33.9 Å². The van der Waals surface area contributed by atoms with Crippen LogP contribution in [0.25, 0.3) is 0 Å². The van der Waals surface area contributed by atoms with Gasteiger partial charge in [0.2, 0.25) is 23.6 Å². The highest BCUT2D eigenvalue weighted by Gasteiger charge is 2.42. The molecule has 2 aliphatic heterocycles. The number of aliphatic carboxylic acids is 1. The first-order valence-corrected chi connectivity index (χ1v) is 17.5. The maximum Gasteiger partial charge on any atom is 0.326 e. The number of carboxylic acids is 1. The highest BCUT2D eigenvalue weighted by molar-refractivity contribution is 6.07. The van der Waals surface area contributed by atoms with Crippen molar-refractivity contribution in [3.63, 3.8) is 0 Å². The summed E-state index contributed by atoms with van der Waals surface area (Å²) in [5.41, 5.74) is 18.7. The Kier molecular flexibility index (Phi) is 15.8. The van der Waals surface area contributed by atoms with Crippen molar-refractivity contribution in [2.75, 3.05) is 18.0 Å². The summed E-state index contributed by atoms with van der Waals surface area (Å²) in [5.74, 6) is -4.12. The highest BCUT2D eigenvalue weighted by atomic mass is 16.4. The van der Waals surface area contributed by atoms with Crippen LogP contribution in [0.15, 0.2) is 36.4 Å². The number of unbranched alkanes of at least 4 members (excludes halogenated alkanes) is 2. The van der Waals surface area contributed by atoms with Crippen LogP contribution in [0.1, 0.15) is 77.2 Å². The Balaban J connectivity index is 1.98. The number of benzene rings is 1. The molecule has 0 saturated carbocycles. The Morgan fingerprint density at radius 2 is 1.46 bits per heavy atom. The number of fused-ring (bicyclic) bond motifs is 1. The van der Waals surface area contributed by atoms with Crippen LogP contribution in [0.2, 0.25) is 0 Å². The smallest absolute Gasteiger partial charge is 0.326 e. The number of anilines is 1. The molecule has 1 aromatic rings. The summed E-state index contributed by atoms with van der Waals surface area (Å²) in [6, 6.07) is 0.583. The molecule has 276 valence electrons. The number of amides is 5. The van der Waals surface area contributed by atoms with E-state index < -0.39 is 71.8 Å². The van der Waals surface area contributed by atoms with E-state index in [1.165, 1.54) is 4.90 Å². The average molecular weight is 699 g/mol. The van der Waals surface area contributed by atoms with Gasteiger partial charge in [-0.1, -0.05) is 44.2 Å². The van der Waals surface area contributed by atoms with E-state index in [0.717, 1.165) is 0 Å². The average Bonchev–Trinajstić information content (AvgIpc) is 3.47. The molecule has 0 aromatic heterocycles. The van der Waals surface area contributed by atoms with Crippen LogP contribution in [0.3, 0.4) is 0 Å². The van der Waals surface area contributed by atoms with E-state index in [1.807, 2.05) is 13.8 Å². The number of nitrogens with zero attached hydrogens (tertiary/aromatic N) is 1. The summed E-state index contributed by atoms with van der Waals surface area (Å²) in [6.45, 7) is 4.48. The van der Waals surface area contributed by atoms with Crippen LogP contribution >= 0.6 is 0 Å². The summed E-state index contributed by atoms with van der Waals surface area (Å²) in [7, 11) is 0. The van der Waals surface area contributed by atoms with Crippen LogP contribution < -0.4 is 43.4 Å². The third-order valence-electron chi connectivity index (χ3n) is 8.88. The SMILES string of the molecule is CC(C)C[C@H](NC(=O)C1Cc2ccccc2N1C(=O)[C@@H]1C/C=C/C[C@H](N)C(=O)N[C@@H](CCCCN)C(=O)N[C@@H](CCCCN)C(=O)N1)C(=O)O. The predicted molar refractivity (Wildman–Crippen MR) is 188 cm³/mol. The summed E-state index contributed by atoms with van der Waals surface area (Å²) in [5, 5.41) is 20.7. The summed E-state index contributed by atoms with van der Waals surface area (Å²) in [6.07, 6.45) is 6.50. The van der Waals surface area contributed by atoms with Crippen LogP contribution in [0, 0.1) is 5.92 Å². The molecule has 15 heteroatoms. The lowest BCUT2D eigenvalue weighted by Crippen LogP contribution is -2.59. The molecule has 2 aliphatic rings. The Morgan fingerprint density at radius 1 is 0.880 bits per heavy atom. The Hall–Kier alpha value is -4.34. The zero-order valence-electron chi connectivity index (χ0n) is 29.1. The molecule has 0 bridgehead atoms. The molecule has 6 atom stereocenters. The van der Waals surface area contributed by atoms with Gasteiger partial charge in [0.15, 0.2) is 0 Å². The highest BCUT2D eigenvalue weighted by Crippen LogP contribution is 2.33. The summed E-state index contributed by atoms with van der Waals surface area (Å²) < 4.78 is 0. The second-order valence-electron chi connectivity index (χ2n) is 13.4. The van der Waals surface area contributed by atoms with Gasteiger partial charge in [-0.2, -0.15) is 0 Å². The van der Waals surface area contributed by atoms with Gasteiger partial charge in [0, 0.05) is 12.1 Å². The van der Waals surface area contributed by atoms with Gasteiger partial charge in [-0.05, 0) is 88.4 Å². The van der Waals surface area contributed by atoms with Gasteiger partial charge < -0.3 is 43.6 Å². The normalized spacial score (nSPS) is 24.3. The van der Waals surface area contributed by atoms with Crippen molar-refractivity contribution in [1.82, 2.24) is 21.3 Å². The van der Waals surface area contributed by atoms with Gasteiger partial charge in [-0.25, -0.2) is 4.79 Å². The number of rotatable bonds is 14. The van der Waals surface area contributed by atoms with Crippen LogP contribution in [0.5, 0.6) is 0 Å². The van der Waals surface area contributed by atoms with E-state index in [2.05, 4.69) is 21.3 Å². The Bertz CT molecular complexity index is 1390. The van der Waals surface area contributed by atoms with Gasteiger partial charge in [-0.3, -0.25) is 28.9 Å². The molecular formula is C35H54N8O7. The lowest BCUT2D eigenvalue weighted by Gasteiger charge is -2.31. The topological polar surface area (TPSA) is 252 Å². The predicted octanol–water partition coefficient (Wildman–Crippen LogP) is -0.0505. The van der Waals surface area contributed by atoms with Crippen molar-refractivity contribution in [1.29, 1.82) is 0 Å². The van der Waals surface area contributed by atoms with Crippen molar-refractivity contribution in [2.45, 2.75) is 114 Å². The monoisotopic (exact) mass is 698 g/mol. The number of para-hydroxylation sites is 1. The first kappa shape index (κ1) is 40.1. The van der Waals surface area contributed by atoms with Crippen LogP contribution in [0.4, 0.5) is 5.69 Å². The lowest BCUT2D eigenvalue weighted by molar-refractivity contribution is -0.142. The molecule has 1 unspecified atom stereocenters. The zero-order valence-corrected chi connectivity index (χ0v) is 29.1. The first-order valence-electron chi connectivity index (χ1n) is 17.5. The molecule has 0 radical (unpaired) electrons. The minimum absolute atomic E-state index is 0.0117. The van der Waals surface area contributed by atoms with E-state index in [9.17, 15) is 33.9 Å². The number of hydrogen-bond acceptors (Lipinski definition) is 9. The lowest BCUT2D eigenvalue weighted by atomic mass is 10.0. The van der Waals surface area contributed by atoms with Crippen molar-refractivity contribution in [2.24, 2.45) is 23.1 Å². The number of nitrogens with one attached hydrogen (secondary N) is 4. The fraction of sp³-hybridized carbons (Fsp3) is 0.600. The van der Waals surface area contributed by atoms with E-state index in [0.29, 0.717) is 50.0 Å². The first-order chi connectivity index (χ1) is 23.9. The van der Waals surface area contributed by atoms with Gasteiger partial charge in [0.1, 0.15) is 30.2 Å². The quantitative estimate of drug-likeness (QED) is 0.0950. The molecule has 2 heterocycles. The molecule has 0 aliphatic carbocycles. The second kappa shape index (κ2) is 19.7. The summed E-state index contributed by atoms with van der Waals surface area (Å²) >= 11 is 0. The molecule has 15 nitrogen and oxygen atoms in total. The minimum Gasteiger partial charge on any atom is -0.480 e. The number of carbonyl (C=O) groups excluding carboxylic acids is 5. The van der Waals surface area contributed by atoms with Crippen LogP contribution in [-0.2, 0) is 35.2 Å². The Labute approximate surface area is 293 Å². The van der Waals surface area contributed by atoms with E-state index in [1.54, 1.807) is 36.4 Å². The summed E-state index contributed by atoms with van der Waals surface area (Å²) in [4.78, 5) is 81.9. The Morgan fingerprint density at radius 3 is 2.06 bits per heavy atom. The van der Waals surface area contributed by atoms with Crippen LogP contribution in [-0.4, -0.2) is 90.0 Å². The molecule has 1 aromatic carbocycles. The maximum atomic E-state index is 14.5. The zero-order chi connectivity index (χ0) is 36.8. The van der Waals surface area contributed by atoms with Crippen molar-refractivity contribution in [3.05, 3.63) is 42.0 Å². The molecule has 50 heavy (non-hydrogen) atoms. The van der Waals surface area contributed by atoms with E-state index in [4.69, 9.17) is 17.2 Å². The van der Waals surface area contributed by atoms with Crippen molar-refractivity contribution >= 4 is 41.2 Å². The van der Waals surface area contributed by atoms with Gasteiger partial charge in [0.05, 0.1) is 6.04 Å². The molecule has 0 fully saturated rings. The molecular weight excluding hydrogens is 644 g/mol. The second-order valence-corrected chi connectivity index (χ2v) is 13.4. The third-order valence-corrected chi connectivity index (χ3v) is 8.88. The third kappa shape index (κ3) is 11.4. The largest absolute Gasteiger partial charge is 0.480 e. The van der Waals surface area contributed by atoms with Crippen molar-refractivity contribution in [3.8, 4) is 0 Å². The molecule has 5 amide bonds. The van der Waals surface area contributed by atoms with E-state index in [-0.39, 0.29) is 44.4 Å². The van der Waals surface area contributed by atoms with Gasteiger partial charge in [0.25, 0.3) is 5.91 Å².